The Bertz CT molecular complexity index is 1000. The minimum atomic E-state index is -0.191. The molecular formula is C25H30Cl2N4O2. The summed E-state index contributed by atoms with van der Waals surface area (Å²) in [5, 5.41) is 9.70. The molecule has 0 aromatic heterocycles. The van der Waals surface area contributed by atoms with Gasteiger partial charge < -0.3 is 4.74 Å². The van der Waals surface area contributed by atoms with E-state index in [1.54, 1.807) is 12.1 Å². The minimum Gasteiger partial charge on any atom is -0.494 e. The van der Waals surface area contributed by atoms with Crippen LogP contribution in [0.4, 0.5) is 5.69 Å². The van der Waals surface area contributed by atoms with Crippen molar-refractivity contribution in [3.63, 3.8) is 0 Å². The van der Waals surface area contributed by atoms with Crippen LogP contribution >= 0.6 is 23.2 Å². The first kappa shape index (κ1) is 23.9. The third-order valence-electron chi connectivity index (χ3n) is 6.17. The summed E-state index contributed by atoms with van der Waals surface area (Å²) in [5.74, 6) is 0.498. The molecule has 2 heterocycles. The molecule has 33 heavy (non-hydrogen) atoms. The van der Waals surface area contributed by atoms with Crippen LogP contribution in [0.15, 0.2) is 47.6 Å². The van der Waals surface area contributed by atoms with E-state index < -0.39 is 0 Å². The molecule has 1 fully saturated rings. The predicted octanol–water partition coefficient (Wildman–Crippen LogP) is 5.85. The van der Waals surface area contributed by atoms with Crippen molar-refractivity contribution in [1.29, 1.82) is 0 Å². The van der Waals surface area contributed by atoms with Crippen LogP contribution in [0.1, 0.15) is 51.1 Å². The summed E-state index contributed by atoms with van der Waals surface area (Å²) in [6.45, 7) is 6.33. The fourth-order valence-corrected chi connectivity index (χ4v) is 4.99. The second-order valence-corrected chi connectivity index (χ2v) is 9.35. The van der Waals surface area contributed by atoms with Crippen LogP contribution in [0.2, 0.25) is 10.0 Å². The molecule has 2 aliphatic rings. The monoisotopic (exact) mass is 488 g/mol. The van der Waals surface area contributed by atoms with Crippen molar-refractivity contribution in [2.45, 2.75) is 45.6 Å². The van der Waals surface area contributed by atoms with E-state index in [0.29, 0.717) is 28.1 Å². The van der Waals surface area contributed by atoms with E-state index in [4.69, 9.17) is 33.0 Å². The summed E-state index contributed by atoms with van der Waals surface area (Å²) in [6, 6.07) is 13.1. The number of halogens is 2. The summed E-state index contributed by atoms with van der Waals surface area (Å²) >= 11 is 12.7. The number of hydrazone groups is 1. The lowest BCUT2D eigenvalue weighted by Crippen LogP contribution is -2.46. The number of nitrogens with zero attached hydrogens (tertiary/aromatic N) is 3. The van der Waals surface area contributed by atoms with E-state index in [0.717, 1.165) is 37.2 Å². The third-order valence-corrected chi connectivity index (χ3v) is 6.71. The Morgan fingerprint density at radius 1 is 1.09 bits per heavy atom. The number of carbonyl (C=O) groups excluding carboxylic acids is 1. The Morgan fingerprint density at radius 2 is 1.79 bits per heavy atom. The van der Waals surface area contributed by atoms with Crippen molar-refractivity contribution < 1.29 is 9.53 Å². The van der Waals surface area contributed by atoms with Gasteiger partial charge in [0.25, 0.3) is 5.91 Å². The lowest BCUT2D eigenvalue weighted by molar-refractivity contribution is -0.119. The van der Waals surface area contributed by atoms with Gasteiger partial charge in [-0.15, -0.1) is 0 Å². The highest BCUT2D eigenvalue weighted by atomic mass is 35.5. The molecule has 2 atom stereocenters. The second kappa shape index (κ2) is 10.8. The van der Waals surface area contributed by atoms with E-state index in [9.17, 15) is 4.79 Å². The molecule has 4 rings (SSSR count). The summed E-state index contributed by atoms with van der Waals surface area (Å²) < 4.78 is 5.60. The SMILES string of the molecule is CCOc1ccc(C2C(C)C(C(=O)NN3CCCCCC3)=NN2c2ccc(Cl)cc2Cl)cc1. The molecule has 0 radical (unpaired) electrons. The van der Waals surface area contributed by atoms with Crippen molar-refractivity contribution >= 4 is 40.5 Å². The number of ether oxygens (including phenoxy) is 1. The maximum atomic E-state index is 13.3. The van der Waals surface area contributed by atoms with Crippen LogP contribution in [0.25, 0.3) is 0 Å². The predicted molar refractivity (Wildman–Crippen MR) is 134 cm³/mol. The van der Waals surface area contributed by atoms with Gasteiger partial charge >= 0.3 is 0 Å². The van der Waals surface area contributed by atoms with Gasteiger partial charge in [0.05, 0.1) is 23.4 Å². The van der Waals surface area contributed by atoms with Gasteiger partial charge in [-0.3, -0.25) is 15.2 Å². The lowest BCUT2D eigenvalue weighted by atomic mass is 9.91. The molecule has 2 aromatic rings. The van der Waals surface area contributed by atoms with Gasteiger partial charge in [-0.25, -0.2) is 5.01 Å². The van der Waals surface area contributed by atoms with Gasteiger partial charge in [0.1, 0.15) is 11.5 Å². The van der Waals surface area contributed by atoms with Gasteiger partial charge in [-0.1, -0.05) is 55.1 Å². The summed E-state index contributed by atoms with van der Waals surface area (Å²) in [6.07, 6.45) is 4.58. The van der Waals surface area contributed by atoms with Gasteiger partial charge in [0.15, 0.2) is 0 Å². The first-order valence-corrected chi connectivity index (χ1v) is 12.3. The van der Waals surface area contributed by atoms with Gasteiger partial charge in [0.2, 0.25) is 0 Å². The maximum absolute atomic E-state index is 13.3. The molecule has 2 unspecified atom stereocenters. The maximum Gasteiger partial charge on any atom is 0.282 e. The van der Waals surface area contributed by atoms with Crippen LogP contribution in [0, 0.1) is 5.92 Å². The van der Waals surface area contributed by atoms with Gasteiger partial charge in [0, 0.05) is 24.0 Å². The number of anilines is 1. The van der Waals surface area contributed by atoms with Crippen molar-refractivity contribution in [2.75, 3.05) is 24.7 Å². The Hall–Kier alpha value is -2.28. The van der Waals surface area contributed by atoms with Crippen LogP contribution in [0.5, 0.6) is 5.75 Å². The van der Waals surface area contributed by atoms with Crippen molar-refractivity contribution in [3.05, 3.63) is 58.1 Å². The zero-order valence-electron chi connectivity index (χ0n) is 19.1. The molecule has 176 valence electrons. The molecule has 2 aromatic carbocycles. The number of amides is 1. The van der Waals surface area contributed by atoms with Crippen molar-refractivity contribution in [1.82, 2.24) is 10.4 Å². The zero-order chi connectivity index (χ0) is 23.4. The topological polar surface area (TPSA) is 57.2 Å². The summed E-state index contributed by atoms with van der Waals surface area (Å²) in [4.78, 5) is 13.3. The number of nitrogens with one attached hydrogen (secondary N) is 1. The third kappa shape index (κ3) is 5.45. The molecule has 0 aliphatic carbocycles. The summed E-state index contributed by atoms with van der Waals surface area (Å²) in [7, 11) is 0. The molecule has 1 amide bonds. The molecule has 0 saturated carbocycles. The Labute approximate surface area is 205 Å². The molecular weight excluding hydrogens is 459 g/mol. The normalized spacial score (nSPS) is 21.5. The van der Waals surface area contributed by atoms with Gasteiger partial charge in [-0.2, -0.15) is 5.10 Å². The van der Waals surface area contributed by atoms with E-state index >= 15 is 0 Å². The van der Waals surface area contributed by atoms with Crippen molar-refractivity contribution in [2.24, 2.45) is 11.0 Å². The fraction of sp³-hybridized carbons (Fsp3) is 0.440. The summed E-state index contributed by atoms with van der Waals surface area (Å²) in [5.41, 5.74) is 5.32. The second-order valence-electron chi connectivity index (χ2n) is 8.50. The molecule has 1 N–H and O–H groups in total. The number of rotatable bonds is 6. The van der Waals surface area contributed by atoms with Gasteiger partial charge in [-0.05, 0) is 55.7 Å². The molecule has 0 spiro atoms. The average Bonchev–Trinajstić information content (AvgIpc) is 2.95. The van der Waals surface area contributed by atoms with E-state index in [1.807, 2.05) is 54.2 Å². The zero-order valence-corrected chi connectivity index (χ0v) is 20.6. The first-order valence-electron chi connectivity index (χ1n) is 11.6. The first-order chi connectivity index (χ1) is 16.0. The standard InChI is InChI=1S/C25H30Cl2N4O2/c1-3-33-20-11-8-18(9-12-20)24-17(2)23(25(32)29-30-14-6-4-5-7-15-30)28-31(24)22-13-10-19(26)16-21(22)27/h8-13,16-17,24H,3-7,14-15H2,1-2H3,(H,29,32). The smallest absolute Gasteiger partial charge is 0.282 e. The average molecular weight is 489 g/mol. The molecule has 8 heteroatoms. The molecule has 6 nitrogen and oxygen atoms in total. The Kier molecular flexibility index (Phi) is 7.78. The van der Waals surface area contributed by atoms with Crippen LogP contribution in [-0.2, 0) is 4.79 Å². The number of benzene rings is 2. The highest BCUT2D eigenvalue weighted by Gasteiger charge is 2.40. The Morgan fingerprint density at radius 3 is 2.42 bits per heavy atom. The molecule has 1 saturated heterocycles. The quantitative estimate of drug-likeness (QED) is 0.553. The lowest BCUT2D eigenvalue weighted by Gasteiger charge is -2.28. The van der Waals surface area contributed by atoms with E-state index in [1.165, 1.54) is 12.8 Å². The molecule has 2 aliphatic heterocycles. The van der Waals surface area contributed by atoms with Crippen LogP contribution in [-0.4, -0.2) is 36.3 Å². The highest BCUT2D eigenvalue weighted by Crippen LogP contribution is 2.42. The van der Waals surface area contributed by atoms with Crippen LogP contribution in [0.3, 0.4) is 0 Å². The van der Waals surface area contributed by atoms with E-state index in [2.05, 4.69) is 5.43 Å². The number of hydrogen-bond acceptors (Lipinski definition) is 5. The van der Waals surface area contributed by atoms with E-state index in [-0.39, 0.29) is 17.9 Å². The Balaban J connectivity index is 1.65. The highest BCUT2D eigenvalue weighted by molar-refractivity contribution is 6.41. The molecule has 0 bridgehead atoms. The van der Waals surface area contributed by atoms with Crippen LogP contribution < -0.4 is 15.2 Å². The largest absolute Gasteiger partial charge is 0.494 e. The fourth-order valence-electron chi connectivity index (χ4n) is 4.49. The van der Waals surface area contributed by atoms with Crippen molar-refractivity contribution in [3.8, 4) is 5.75 Å². The minimum absolute atomic E-state index is 0.151. The number of hydrogen-bond donors (Lipinski definition) is 1. The number of carbonyl (C=O) groups is 1. The number of hydrazine groups is 1.